The molecule has 0 aliphatic rings. The highest BCUT2D eigenvalue weighted by Crippen LogP contribution is 2.24. The largest absolute Gasteiger partial charge is 0.507 e. The number of carbonyl (C=O) groups is 1. The third-order valence-corrected chi connectivity index (χ3v) is 3.59. The van der Waals surface area contributed by atoms with Gasteiger partial charge in [-0.05, 0) is 45.3 Å². The van der Waals surface area contributed by atoms with Crippen molar-refractivity contribution in [3.63, 3.8) is 0 Å². The second kappa shape index (κ2) is 6.54. The number of nitrogens with one attached hydrogen (secondary N) is 1. The van der Waals surface area contributed by atoms with E-state index in [2.05, 4.69) is 21.2 Å². The van der Waals surface area contributed by atoms with E-state index in [-0.39, 0.29) is 11.7 Å². The Morgan fingerprint density at radius 3 is 2.40 bits per heavy atom. The Morgan fingerprint density at radius 2 is 1.80 bits per heavy atom. The Labute approximate surface area is 125 Å². The van der Waals surface area contributed by atoms with E-state index in [0.29, 0.717) is 23.1 Å². The molecule has 0 heterocycles. The number of phenols is 1. The molecule has 0 unspecified atom stereocenters. The Balaban J connectivity index is 1.98. The number of aromatic hydroxyl groups is 1. The molecule has 104 valence electrons. The molecule has 0 radical (unpaired) electrons. The predicted octanol–water partition coefficient (Wildman–Crippen LogP) is 2.54. The summed E-state index contributed by atoms with van der Waals surface area (Å²) in [6, 6.07) is 12.5. The lowest BCUT2D eigenvalue weighted by Crippen LogP contribution is -2.22. The van der Waals surface area contributed by atoms with Crippen LogP contribution in [0, 0.1) is 0 Å². The molecule has 1 amide bonds. The van der Waals surface area contributed by atoms with Crippen LogP contribution in [0.4, 0.5) is 0 Å². The molecule has 4 nitrogen and oxygen atoms in total. The lowest BCUT2D eigenvalue weighted by molar-refractivity contribution is 0.0950. The summed E-state index contributed by atoms with van der Waals surface area (Å²) in [6.07, 6.45) is 0. The Morgan fingerprint density at radius 1 is 1.15 bits per heavy atom. The van der Waals surface area contributed by atoms with Crippen molar-refractivity contribution >= 4 is 21.8 Å². The minimum absolute atomic E-state index is 0.0462. The van der Waals surface area contributed by atoms with Gasteiger partial charge in [-0.25, -0.2) is 0 Å². The van der Waals surface area contributed by atoms with Crippen molar-refractivity contribution in [2.24, 2.45) is 5.73 Å². The molecule has 2 aromatic rings. The number of carbonyl (C=O) groups excluding carboxylic acids is 1. The van der Waals surface area contributed by atoms with Crippen molar-refractivity contribution in [3.8, 4) is 5.75 Å². The summed E-state index contributed by atoms with van der Waals surface area (Å²) in [5.74, 6) is -0.180. The molecular formula is C15H15BrN2O2. The first kappa shape index (κ1) is 14.6. The van der Waals surface area contributed by atoms with Gasteiger partial charge in [-0.1, -0.05) is 24.3 Å². The molecule has 0 aromatic heterocycles. The van der Waals surface area contributed by atoms with Gasteiger partial charge >= 0.3 is 0 Å². The van der Waals surface area contributed by atoms with Crippen LogP contribution in [-0.2, 0) is 13.1 Å². The number of hydrogen-bond donors (Lipinski definition) is 3. The Kier molecular flexibility index (Phi) is 4.76. The third-order valence-electron chi connectivity index (χ3n) is 2.92. The van der Waals surface area contributed by atoms with Gasteiger partial charge < -0.3 is 16.2 Å². The highest BCUT2D eigenvalue weighted by molar-refractivity contribution is 9.10. The molecule has 20 heavy (non-hydrogen) atoms. The number of nitrogens with two attached hydrogens (primary N) is 1. The van der Waals surface area contributed by atoms with Crippen molar-refractivity contribution in [2.75, 3.05) is 0 Å². The molecule has 0 saturated carbocycles. The average molecular weight is 335 g/mol. The van der Waals surface area contributed by atoms with Gasteiger partial charge in [-0.2, -0.15) is 0 Å². The minimum Gasteiger partial charge on any atom is -0.507 e. The summed E-state index contributed by atoms with van der Waals surface area (Å²) in [5.41, 5.74) is 8.00. The van der Waals surface area contributed by atoms with Crippen LogP contribution in [0.25, 0.3) is 0 Å². The highest BCUT2D eigenvalue weighted by atomic mass is 79.9. The molecule has 2 aromatic carbocycles. The topological polar surface area (TPSA) is 75.3 Å². The van der Waals surface area contributed by atoms with E-state index in [1.165, 1.54) is 6.07 Å². The summed E-state index contributed by atoms with van der Waals surface area (Å²) in [4.78, 5) is 11.9. The molecular weight excluding hydrogens is 320 g/mol. The van der Waals surface area contributed by atoms with Crippen LogP contribution >= 0.6 is 15.9 Å². The van der Waals surface area contributed by atoms with Crippen molar-refractivity contribution in [1.82, 2.24) is 5.32 Å². The van der Waals surface area contributed by atoms with E-state index >= 15 is 0 Å². The number of phenolic OH excluding ortho intramolecular Hbond substituents is 1. The van der Waals surface area contributed by atoms with Gasteiger partial charge in [-0.3, -0.25) is 4.79 Å². The first-order valence-corrected chi connectivity index (χ1v) is 6.94. The van der Waals surface area contributed by atoms with Gasteiger partial charge in [0.05, 0.1) is 4.47 Å². The van der Waals surface area contributed by atoms with Gasteiger partial charge in [0, 0.05) is 18.7 Å². The van der Waals surface area contributed by atoms with E-state index in [1.54, 1.807) is 12.1 Å². The summed E-state index contributed by atoms with van der Waals surface area (Å²) in [7, 11) is 0. The lowest BCUT2D eigenvalue weighted by atomic mass is 10.1. The van der Waals surface area contributed by atoms with E-state index in [9.17, 15) is 9.90 Å². The maximum atomic E-state index is 11.9. The first-order valence-electron chi connectivity index (χ1n) is 6.15. The Bertz CT molecular complexity index is 612. The summed E-state index contributed by atoms with van der Waals surface area (Å²) < 4.78 is 0.562. The van der Waals surface area contributed by atoms with Crippen LogP contribution in [0.5, 0.6) is 5.75 Å². The van der Waals surface area contributed by atoms with Crippen molar-refractivity contribution < 1.29 is 9.90 Å². The summed E-state index contributed by atoms with van der Waals surface area (Å²) in [6.45, 7) is 0.936. The van der Waals surface area contributed by atoms with E-state index in [4.69, 9.17) is 5.73 Å². The van der Waals surface area contributed by atoms with Gasteiger partial charge in [0.1, 0.15) is 5.75 Å². The Hall–Kier alpha value is -1.85. The van der Waals surface area contributed by atoms with Crippen LogP contribution in [0.3, 0.4) is 0 Å². The molecule has 0 aliphatic heterocycles. The van der Waals surface area contributed by atoms with E-state index < -0.39 is 0 Å². The van der Waals surface area contributed by atoms with E-state index in [1.807, 2.05) is 24.3 Å². The van der Waals surface area contributed by atoms with Crippen molar-refractivity contribution in [1.29, 1.82) is 0 Å². The van der Waals surface area contributed by atoms with Crippen molar-refractivity contribution in [2.45, 2.75) is 13.1 Å². The van der Waals surface area contributed by atoms with Crippen molar-refractivity contribution in [3.05, 3.63) is 63.6 Å². The van der Waals surface area contributed by atoms with Gasteiger partial charge in [0.15, 0.2) is 0 Å². The number of hydrogen-bond acceptors (Lipinski definition) is 3. The second-order valence-electron chi connectivity index (χ2n) is 4.37. The zero-order valence-electron chi connectivity index (χ0n) is 10.8. The fraction of sp³-hybridized carbons (Fsp3) is 0.133. The third kappa shape index (κ3) is 3.59. The zero-order chi connectivity index (χ0) is 14.5. The maximum Gasteiger partial charge on any atom is 0.251 e. The first-order chi connectivity index (χ1) is 9.60. The van der Waals surface area contributed by atoms with Gasteiger partial charge in [0.25, 0.3) is 5.91 Å². The normalized spacial score (nSPS) is 10.3. The molecule has 0 aliphatic carbocycles. The molecule has 5 heteroatoms. The summed E-state index contributed by atoms with van der Waals surface area (Å²) >= 11 is 3.18. The molecule has 4 N–H and O–H groups in total. The van der Waals surface area contributed by atoms with Gasteiger partial charge in [-0.15, -0.1) is 0 Å². The van der Waals surface area contributed by atoms with Crippen LogP contribution in [0.15, 0.2) is 46.9 Å². The monoisotopic (exact) mass is 334 g/mol. The number of rotatable bonds is 4. The van der Waals surface area contributed by atoms with Crippen LogP contribution in [0.2, 0.25) is 0 Å². The highest BCUT2D eigenvalue weighted by Gasteiger charge is 2.07. The standard InChI is InChI=1S/C15H15BrN2O2/c16-13-6-5-12(7-14(13)19)15(20)18-9-11-3-1-10(8-17)2-4-11/h1-7,19H,8-9,17H2,(H,18,20). The van der Waals surface area contributed by atoms with Crippen LogP contribution < -0.4 is 11.1 Å². The fourth-order valence-electron chi connectivity index (χ4n) is 1.73. The molecule has 2 rings (SSSR count). The number of halogens is 1. The van der Waals surface area contributed by atoms with Gasteiger partial charge in [0.2, 0.25) is 0 Å². The number of amides is 1. The van der Waals surface area contributed by atoms with E-state index in [0.717, 1.165) is 11.1 Å². The minimum atomic E-state index is -0.226. The SMILES string of the molecule is NCc1ccc(CNC(=O)c2ccc(Br)c(O)c2)cc1. The van der Waals surface area contributed by atoms with Crippen LogP contribution in [-0.4, -0.2) is 11.0 Å². The fourth-order valence-corrected chi connectivity index (χ4v) is 1.98. The maximum absolute atomic E-state index is 11.9. The molecule has 0 atom stereocenters. The second-order valence-corrected chi connectivity index (χ2v) is 5.22. The quantitative estimate of drug-likeness (QED) is 0.804. The smallest absolute Gasteiger partial charge is 0.251 e. The molecule has 0 spiro atoms. The predicted molar refractivity (Wildman–Crippen MR) is 81.3 cm³/mol. The molecule has 0 saturated heterocycles. The summed E-state index contributed by atoms with van der Waals surface area (Å²) in [5, 5.41) is 12.4. The molecule has 0 bridgehead atoms. The lowest BCUT2D eigenvalue weighted by Gasteiger charge is -2.07. The number of benzene rings is 2. The molecule has 0 fully saturated rings. The van der Waals surface area contributed by atoms with Crippen LogP contribution in [0.1, 0.15) is 21.5 Å². The average Bonchev–Trinajstić information content (AvgIpc) is 2.48. The zero-order valence-corrected chi connectivity index (χ0v) is 12.4.